The maximum absolute atomic E-state index is 6.31. The molecule has 2 N–H and O–H groups in total. The molecule has 0 aromatic heterocycles. The molecule has 1 aliphatic rings. The maximum Gasteiger partial charge on any atom is 0.191 e. The second kappa shape index (κ2) is 9.50. The molecule has 0 saturated carbocycles. The first-order valence-corrected chi connectivity index (χ1v) is 9.51. The molecule has 134 valence electrons. The van der Waals surface area contributed by atoms with Crippen LogP contribution in [0.2, 0.25) is 10.0 Å². The Morgan fingerprint density at radius 1 is 1.38 bits per heavy atom. The van der Waals surface area contributed by atoms with E-state index in [9.17, 15) is 0 Å². The van der Waals surface area contributed by atoms with Crippen LogP contribution in [0.1, 0.15) is 38.8 Å². The average Bonchev–Trinajstić information content (AvgIpc) is 3.00. The highest BCUT2D eigenvalue weighted by molar-refractivity contribution is 6.35. The largest absolute Gasteiger partial charge is 0.357 e. The Morgan fingerprint density at radius 3 is 2.79 bits per heavy atom. The number of hydrogen-bond donors (Lipinski definition) is 2. The lowest BCUT2D eigenvalue weighted by Crippen LogP contribution is -2.39. The van der Waals surface area contributed by atoms with Crippen LogP contribution in [0.15, 0.2) is 23.2 Å². The lowest BCUT2D eigenvalue weighted by atomic mass is 10.1. The van der Waals surface area contributed by atoms with E-state index in [1.54, 1.807) is 6.07 Å². The molecule has 1 aromatic rings. The summed E-state index contributed by atoms with van der Waals surface area (Å²) in [6.45, 7) is 11.5. The number of guanidine groups is 1. The first kappa shape index (κ1) is 19.4. The van der Waals surface area contributed by atoms with E-state index in [0.29, 0.717) is 16.0 Å². The third-order valence-electron chi connectivity index (χ3n) is 4.45. The summed E-state index contributed by atoms with van der Waals surface area (Å²) in [7, 11) is 0. The molecule has 2 atom stereocenters. The molecule has 1 fully saturated rings. The Morgan fingerprint density at radius 2 is 2.17 bits per heavy atom. The van der Waals surface area contributed by atoms with E-state index in [4.69, 9.17) is 28.2 Å². The fourth-order valence-corrected chi connectivity index (χ4v) is 3.60. The normalized spacial score (nSPS) is 20.2. The Hall–Kier alpha value is -0.970. The van der Waals surface area contributed by atoms with Crippen molar-refractivity contribution < 1.29 is 0 Å². The van der Waals surface area contributed by atoms with Gasteiger partial charge in [0.1, 0.15) is 0 Å². The second-order valence-electron chi connectivity index (χ2n) is 6.30. The summed E-state index contributed by atoms with van der Waals surface area (Å²) in [6.07, 6.45) is 1.23. The topological polar surface area (TPSA) is 39.7 Å². The quantitative estimate of drug-likeness (QED) is 0.588. The third-order valence-corrected chi connectivity index (χ3v) is 5.01. The van der Waals surface area contributed by atoms with Crippen LogP contribution in [0.3, 0.4) is 0 Å². The van der Waals surface area contributed by atoms with Gasteiger partial charge in [-0.15, -0.1) is 0 Å². The Bertz CT molecular complexity index is 562. The molecule has 2 unspecified atom stereocenters. The summed E-state index contributed by atoms with van der Waals surface area (Å²) in [5.74, 6) is 1.49. The van der Waals surface area contributed by atoms with Gasteiger partial charge >= 0.3 is 0 Å². The van der Waals surface area contributed by atoms with Crippen LogP contribution in [0, 0.1) is 5.92 Å². The highest BCUT2D eigenvalue weighted by Gasteiger charge is 2.21. The molecular formula is C18H28Cl2N4. The van der Waals surface area contributed by atoms with Crippen molar-refractivity contribution in [2.24, 2.45) is 10.9 Å². The van der Waals surface area contributed by atoms with E-state index in [0.717, 1.165) is 37.7 Å². The minimum absolute atomic E-state index is 0.0586. The highest BCUT2D eigenvalue weighted by Crippen LogP contribution is 2.26. The average molecular weight is 371 g/mol. The SMILES string of the molecule is CCNC(=NCC1CCN(CC)C1)NC(C)c1ccc(Cl)cc1Cl. The first-order valence-electron chi connectivity index (χ1n) is 8.75. The standard InChI is InChI=1S/C18H28Cl2N4/c1-4-21-18(22-11-14-8-9-24(5-2)12-14)23-13(3)16-7-6-15(19)10-17(16)20/h6-7,10,13-14H,4-5,8-9,11-12H2,1-3H3,(H2,21,22,23). The molecule has 1 aliphatic heterocycles. The zero-order valence-electron chi connectivity index (χ0n) is 14.8. The number of halogens is 2. The monoisotopic (exact) mass is 370 g/mol. The molecule has 6 heteroatoms. The number of likely N-dealkylation sites (tertiary alicyclic amines) is 1. The van der Waals surface area contributed by atoms with Crippen molar-refractivity contribution in [3.05, 3.63) is 33.8 Å². The Labute approximate surface area is 155 Å². The predicted octanol–water partition coefficient (Wildman–Crippen LogP) is 3.95. The first-order chi connectivity index (χ1) is 11.5. The van der Waals surface area contributed by atoms with Gasteiger partial charge in [-0.3, -0.25) is 4.99 Å². The van der Waals surface area contributed by atoms with E-state index < -0.39 is 0 Å². The van der Waals surface area contributed by atoms with E-state index >= 15 is 0 Å². The van der Waals surface area contributed by atoms with Crippen LogP contribution in [-0.4, -0.2) is 43.6 Å². The third kappa shape index (κ3) is 5.54. The van der Waals surface area contributed by atoms with Crippen LogP contribution >= 0.6 is 23.2 Å². The molecule has 0 bridgehead atoms. The summed E-state index contributed by atoms with van der Waals surface area (Å²) in [4.78, 5) is 7.26. The van der Waals surface area contributed by atoms with Crippen molar-refractivity contribution >= 4 is 29.2 Å². The van der Waals surface area contributed by atoms with Crippen molar-refractivity contribution in [2.45, 2.75) is 33.2 Å². The van der Waals surface area contributed by atoms with Crippen LogP contribution in [0.4, 0.5) is 0 Å². The van der Waals surface area contributed by atoms with E-state index in [-0.39, 0.29) is 6.04 Å². The van der Waals surface area contributed by atoms with Gasteiger partial charge < -0.3 is 15.5 Å². The van der Waals surface area contributed by atoms with Gasteiger partial charge in [-0.1, -0.05) is 36.2 Å². The summed E-state index contributed by atoms with van der Waals surface area (Å²) in [5.41, 5.74) is 1.02. The van der Waals surface area contributed by atoms with Gasteiger partial charge in [0.05, 0.1) is 6.04 Å². The van der Waals surface area contributed by atoms with Crippen LogP contribution in [0.5, 0.6) is 0 Å². The zero-order valence-corrected chi connectivity index (χ0v) is 16.3. The van der Waals surface area contributed by atoms with Crippen molar-refractivity contribution in [3.8, 4) is 0 Å². The molecule has 1 saturated heterocycles. The minimum atomic E-state index is 0.0586. The van der Waals surface area contributed by atoms with Gasteiger partial charge in [-0.2, -0.15) is 0 Å². The molecule has 1 aromatic carbocycles. The number of hydrogen-bond acceptors (Lipinski definition) is 2. The minimum Gasteiger partial charge on any atom is -0.357 e. The van der Waals surface area contributed by atoms with E-state index in [2.05, 4.69) is 36.3 Å². The Balaban J connectivity index is 1.98. The molecule has 0 amide bonds. The molecule has 0 spiro atoms. The zero-order chi connectivity index (χ0) is 17.5. The fraction of sp³-hybridized carbons (Fsp3) is 0.611. The number of rotatable bonds is 6. The maximum atomic E-state index is 6.31. The second-order valence-corrected chi connectivity index (χ2v) is 7.14. The summed E-state index contributed by atoms with van der Waals surface area (Å²) < 4.78 is 0. The van der Waals surface area contributed by atoms with Crippen molar-refractivity contribution in [2.75, 3.05) is 32.7 Å². The Kier molecular flexibility index (Phi) is 7.66. The smallest absolute Gasteiger partial charge is 0.191 e. The van der Waals surface area contributed by atoms with Crippen LogP contribution < -0.4 is 10.6 Å². The molecule has 0 aliphatic carbocycles. The van der Waals surface area contributed by atoms with Gasteiger partial charge in [0.25, 0.3) is 0 Å². The van der Waals surface area contributed by atoms with Gasteiger partial charge in [-0.25, -0.2) is 0 Å². The molecule has 4 nitrogen and oxygen atoms in total. The molecule has 2 rings (SSSR count). The van der Waals surface area contributed by atoms with Gasteiger partial charge in [0.15, 0.2) is 5.96 Å². The van der Waals surface area contributed by atoms with Crippen molar-refractivity contribution in [1.29, 1.82) is 0 Å². The lowest BCUT2D eigenvalue weighted by molar-refractivity contribution is 0.343. The summed E-state index contributed by atoms with van der Waals surface area (Å²) in [5, 5.41) is 8.09. The van der Waals surface area contributed by atoms with E-state index in [1.807, 2.05) is 12.1 Å². The van der Waals surface area contributed by atoms with Crippen molar-refractivity contribution in [3.63, 3.8) is 0 Å². The molecule has 24 heavy (non-hydrogen) atoms. The molecule has 1 heterocycles. The van der Waals surface area contributed by atoms with E-state index in [1.165, 1.54) is 13.0 Å². The summed E-state index contributed by atoms with van der Waals surface area (Å²) >= 11 is 12.3. The number of nitrogens with zero attached hydrogens (tertiary/aromatic N) is 2. The summed E-state index contributed by atoms with van der Waals surface area (Å²) in [6, 6.07) is 5.66. The van der Waals surface area contributed by atoms with Gasteiger partial charge in [0, 0.05) is 29.7 Å². The molecular weight excluding hydrogens is 343 g/mol. The predicted molar refractivity (Wildman–Crippen MR) is 104 cm³/mol. The lowest BCUT2D eigenvalue weighted by Gasteiger charge is -2.20. The number of aliphatic imine (C=N–C) groups is 1. The number of benzene rings is 1. The van der Waals surface area contributed by atoms with Gasteiger partial charge in [0.2, 0.25) is 0 Å². The highest BCUT2D eigenvalue weighted by atomic mass is 35.5. The van der Waals surface area contributed by atoms with Crippen LogP contribution in [0.25, 0.3) is 0 Å². The van der Waals surface area contributed by atoms with Crippen molar-refractivity contribution in [1.82, 2.24) is 15.5 Å². The fourth-order valence-electron chi connectivity index (χ4n) is 3.03. The van der Waals surface area contributed by atoms with Crippen LogP contribution in [-0.2, 0) is 0 Å². The number of nitrogens with one attached hydrogen (secondary N) is 2. The molecule has 0 radical (unpaired) electrons. The van der Waals surface area contributed by atoms with Gasteiger partial charge in [-0.05, 0) is 57.0 Å².